The number of rotatable bonds is 3. The van der Waals surface area contributed by atoms with Gasteiger partial charge in [-0.1, -0.05) is 15.9 Å². The van der Waals surface area contributed by atoms with Crippen LogP contribution in [-0.2, 0) is 23.8 Å². The van der Waals surface area contributed by atoms with Gasteiger partial charge in [0.25, 0.3) is 0 Å². The van der Waals surface area contributed by atoms with Crippen LogP contribution in [0.1, 0.15) is 20.8 Å². The molecule has 0 radical (unpaired) electrons. The van der Waals surface area contributed by atoms with Gasteiger partial charge in [-0.05, 0) is 21.0 Å². The van der Waals surface area contributed by atoms with E-state index in [2.05, 4.69) is 15.9 Å². The molecule has 1 aliphatic heterocycles. The van der Waals surface area contributed by atoms with Crippen LogP contribution in [0.25, 0.3) is 0 Å². The van der Waals surface area contributed by atoms with Crippen molar-refractivity contribution in [3.63, 3.8) is 0 Å². The maximum Gasteiger partial charge on any atom is 0.303 e. The van der Waals surface area contributed by atoms with E-state index < -0.39 is 23.2 Å². The molecule has 1 aliphatic rings. The first-order chi connectivity index (χ1) is 8.73. The van der Waals surface area contributed by atoms with E-state index in [1.54, 1.807) is 0 Å². The van der Waals surface area contributed by atoms with Crippen LogP contribution in [0, 0.1) is 0 Å². The van der Waals surface area contributed by atoms with E-state index in [0.29, 0.717) is 0 Å². The van der Waals surface area contributed by atoms with Gasteiger partial charge in [0, 0.05) is 13.8 Å². The summed E-state index contributed by atoms with van der Waals surface area (Å²) in [7, 11) is 3.69. The minimum absolute atomic E-state index is 0.277. The lowest BCUT2D eigenvalue weighted by molar-refractivity contribution is -0.203. The Labute approximate surface area is 121 Å². The molecule has 0 aromatic rings. The molecule has 0 aromatic heterocycles. The van der Waals surface area contributed by atoms with Crippen molar-refractivity contribution in [1.82, 2.24) is 4.90 Å². The third kappa shape index (κ3) is 4.15. The van der Waals surface area contributed by atoms with E-state index in [-0.39, 0.29) is 18.1 Å². The zero-order valence-electron chi connectivity index (χ0n) is 11.8. The van der Waals surface area contributed by atoms with E-state index in [1.807, 2.05) is 25.9 Å². The van der Waals surface area contributed by atoms with Gasteiger partial charge in [-0.25, -0.2) is 0 Å². The summed E-state index contributed by atoms with van der Waals surface area (Å²) in [4.78, 5) is 24.3. The molecule has 0 bridgehead atoms. The van der Waals surface area contributed by atoms with Crippen LogP contribution in [0.4, 0.5) is 0 Å². The number of ether oxygens (including phenoxy) is 3. The zero-order chi connectivity index (χ0) is 14.7. The lowest BCUT2D eigenvalue weighted by atomic mass is 9.96. The number of alkyl halides is 1. The molecule has 0 saturated carbocycles. The quantitative estimate of drug-likeness (QED) is 0.563. The van der Waals surface area contributed by atoms with E-state index >= 15 is 0 Å². The highest BCUT2D eigenvalue weighted by Crippen LogP contribution is 2.31. The van der Waals surface area contributed by atoms with Crippen molar-refractivity contribution in [2.75, 3.05) is 14.1 Å². The van der Waals surface area contributed by atoms with Crippen molar-refractivity contribution in [3.8, 4) is 0 Å². The lowest BCUT2D eigenvalue weighted by Gasteiger charge is -2.45. The molecule has 1 saturated heterocycles. The minimum atomic E-state index is -0.548. The summed E-state index contributed by atoms with van der Waals surface area (Å²) in [5.74, 6) is -0.789. The van der Waals surface area contributed by atoms with Gasteiger partial charge in [-0.2, -0.15) is 0 Å². The fraction of sp³-hybridized carbons (Fsp3) is 0.833. The Balaban J connectivity index is 3.00. The Kier molecular flexibility index (Phi) is 5.76. The average molecular weight is 338 g/mol. The summed E-state index contributed by atoms with van der Waals surface area (Å²) < 4.78 is 16.2. The first-order valence-electron chi connectivity index (χ1n) is 6.04. The summed E-state index contributed by atoms with van der Waals surface area (Å²) in [5.41, 5.74) is 0. The fourth-order valence-electron chi connectivity index (χ4n) is 2.24. The van der Waals surface area contributed by atoms with Gasteiger partial charge in [0.1, 0.15) is 6.10 Å². The smallest absolute Gasteiger partial charge is 0.303 e. The Bertz CT molecular complexity index is 321. The predicted molar refractivity (Wildman–Crippen MR) is 71.8 cm³/mol. The Morgan fingerprint density at radius 3 is 2.00 bits per heavy atom. The second kappa shape index (κ2) is 6.67. The lowest BCUT2D eigenvalue weighted by Crippen LogP contribution is -2.62. The highest BCUT2D eigenvalue weighted by Gasteiger charge is 2.48. The van der Waals surface area contributed by atoms with Crippen molar-refractivity contribution in [2.45, 2.75) is 50.1 Å². The molecule has 0 aromatic carbocycles. The van der Waals surface area contributed by atoms with Crippen LogP contribution in [0.3, 0.4) is 0 Å². The molecule has 0 amide bonds. The van der Waals surface area contributed by atoms with Gasteiger partial charge < -0.3 is 14.2 Å². The fourth-order valence-corrected chi connectivity index (χ4v) is 3.00. The number of esters is 2. The topological polar surface area (TPSA) is 65.1 Å². The molecule has 0 spiro atoms. The molecule has 19 heavy (non-hydrogen) atoms. The average Bonchev–Trinajstić information content (AvgIpc) is 2.23. The van der Waals surface area contributed by atoms with Crippen LogP contribution < -0.4 is 0 Å². The molecule has 6 nitrogen and oxygen atoms in total. The van der Waals surface area contributed by atoms with E-state index in [0.717, 1.165) is 0 Å². The second-order valence-electron chi connectivity index (χ2n) is 4.79. The Morgan fingerprint density at radius 2 is 1.58 bits per heavy atom. The molecular weight excluding hydrogens is 318 g/mol. The molecule has 0 unspecified atom stereocenters. The number of carbonyl (C=O) groups is 2. The minimum Gasteiger partial charge on any atom is -0.458 e. The second-order valence-corrected chi connectivity index (χ2v) is 5.70. The van der Waals surface area contributed by atoms with Crippen molar-refractivity contribution >= 4 is 27.9 Å². The van der Waals surface area contributed by atoms with E-state index in [1.165, 1.54) is 13.8 Å². The van der Waals surface area contributed by atoms with Crippen molar-refractivity contribution in [1.29, 1.82) is 0 Å². The molecule has 0 aliphatic carbocycles. The predicted octanol–water partition coefficient (Wildman–Crippen LogP) is 0.920. The standard InChI is InChI=1S/C12H20BrNO5/c1-6-10(18-7(2)15)9(14(4)5)11(12(13)17-6)19-8(3)16/h6,9-12H,1-5H3/t6-,9+,10-,11-,12+/m1/s1. The molecule has 1 rings (SSSR count). The van der Waals surface area contributed by atoms with Crippen molar-refractivity contribution < 1.29 is 23.8 Å². The van der Waals surface area contributed by atoms with Crippen molar-refractivity contribution in [2.24, 2.45) is 0 Å². The maximum absolute atomic E-state index is 11.2. The van der Waals surface area contributed by atoms with Crippen LogP contribution in [0.15, 0.2) is 0 Å². The molecule has 5 atom stereocenters. The van der Waals surface area contributed by atoms with Gasteiger partial charge in [0.15, 0.2) is 11.1 Å². The number of hydrogen-bond acceptors (Lipinski definition) is 6. The Morgan fingerprint density at radius 1 is 1.11 bits per heavy atom. The van der Waals surface area contributed by atoms with E-state index in [9.17, 15) is 9.59 Å². The third-order valence-electron chi connectivity index (χ3n) is 2.94. The van der Waals surface area contributed by atoms with Crippen LogP contribution in [-0.4, -0.2) is 60.3 Å². The highest BCUT2D eigenvalue weighted by atomic mass is 79.9. The molecule has 7 heteroatoms. The number of nitrogens with zero attached hydrogens (tertiary/aromatic N) is 1. The summed E-state index contributed by atoms with van der Waals surface area (Å²) in [6.45, 7) is 4.51. The van der Waals surface area contributed by atoms with Crippen LogP contribution in [0.5, 0.6) is 0 Å². The molecule has 0 N–H and O–H groups in total. The first kappa shape index (κ1) is 16.4. The van der Waals surface area contributed by atoms with E-state index in [4.69, 9.17) is 14.2 Å². The van der Waals surface area contributed by atoms with Crippen LogP contribution in [0.2, 0.25) is 0 Å². The summed E-state index contributed by atoms with van der Waals surface area (Å²) in [5, 5.41) is -0.439. The summed E-state index contributed by atoms with van der Waals surface area (Å²) >= 11 is 3.36. The number of halogens is 1. The summed E-state index contributed by atoms with van der Waals surface area (Å²) in [6, 6.07) is -0.277. The number of carbonyl (C=O) groups excluding carboxylic acids is 2. The van der Waals surface area contributed by atoms with Gasteiger partial charge in [0.2, 0.25) is 0 Å². The normalized spacial score (nSPS) is 35.0. The molecule has 110 valence electrons. The van der Waals surface area contributed by atoms with Gasteiger partial charge in [-0.3, -0.25) is 14.5 Å². The summed E-state index contributed by atoms with van der Waals surface area (Å²) in [6.07, 6.45) is -1.34. The van der Waals surface area contributed by atoms with Gasteiger partial charge >= 0.3 is 11.9 Å². The van der Waals surface area contributed by atoms with Gasteiger partial charge in [-0.15, -0.1) is 0 Å². The largest absolute Gasteiger partial charge is 0.458 e. The molecular formula is C12H20BrNO5. The zero-order valence-corrected chi connectivity index (χ0v) is 13.3. The third-order valence-corrected chi connectivity index (χ3v) is 3.68. The maximum atomic E-state index is 11.2. The van der Waals surface area contributed by atoms with Gasteiger partial charge in [0.05, 0.1) is 12.1 Å². The Hall–Kier alpha value is -0.660. The highest BCUT2D eigenvalue weighted by molar-refractivity contribution is 9.09. The molecule has 1 fully saturated rings. The first-order valence-corrected chi connectivity index (χ1v) is 6.96. The SMILES string of the molecule is CC(=O)O[C@@H]1[C@@H](N(C)C)[C@H](OC(C)=O)[C@@H](C)O[C@@H]1Br. The van der Waals surface area contributed by atoms with Crippen LogP contribution >= 0.6 is 15.9 Å². The number of likely N-dealkylation sites (N-methyl/N-ethyl adjacent to an activating group) is 1. The van der Waals surface area contributed by atoms with Crippen molar-refractivity contribution in [3.05, 3.63) is 0 Å². The molecule has 1 heterocycles. The number of hydrogen-bond donors (Lipinski definition) is 0. The monoisotopic (exact) mass is 337 g/mol.